The lowest BCUT2D eigenvalue weighted by molar-refractivity contribution is -0.115. The number of alkyl halides is 1. The van der Waals surface area contributed by atoms with E-state index in [1.54, 1.807) is 12.4 Å². The fraction of sp³-hybridized carbons (Fsp3) is 0.353. The predicted molar refractivity (Wildman–Crippen MR) is 92.0 cm³/mol. The van der Waals surface area contributed by atoms with Gasteiger partial charge in [-0.15, -0.1) is 0 Å². The Hall–Kier alpha value is -2.70. The molecule has 1 aliphatic rings. The molecule has 1 aromatic heterocycles. The minimum atomic E-state index is -0.512. The highest BCUT2D eigenvalue weighted by molar-refractivity contribution is 6.13. The number of amides is 1. The van der Waals surface area contributed by atoms with E-state index in [4.69, 9.17) is 0 Å². The first-order valence-electron chi connectivity index (χ1n) is 7.92. The number of hydrogen-bond acceptors (Lipinski definition) is 4. The van der Waals surface area contributed by atoms with Crippen LogP contribution in [0.2, 0.25) is 0 Å². The Morgan fingerprint density at radius 1 is 1.38 bits per heavy atom. The predicted octanol–water partition coefficient (Wildman–Crippen LogP) is 2.36. The Kier molecular flexibility index (Phi) is 4.59. The summed E-state index contributed by atoms with van der Waals surface area (Å²) in [6.45, 7) is 3.54. The number of guanidine groups is 1. The molecule has 6 nitrogen and oxygen atoms in total. The lowest BCUT2D eigenvalue weighted by Crippen LogP contribution is -2.44. The summed E-state index contributed by atoms with van der Waals surface area (Å²) < 4.78 is 13.1. The first-order chi connectivity index (χ1) is 11.5. The molecule has 7 heteroatoms. The lowest BCUT2D eigenvalue weighted by atomic mass is 10.1. The highest BCUT2D eigenvalue weighted by Gasteiger charge is 2.22. The van der Waals surface area contributed by atoms with Gasteiger partial charge in [0.2, 0.25) is 5.96 Å². The van der Waals surface area contributed by atoms with Crippen molar-refractivity contribution in [1.82, 2.24) is 20.6 Å². The average Bonchev–Trinajstić information content (AvgIpc) is 3.12. The van der Waals surface area contributed by atoms with Crippen LogP contribution in [0.25, 0.3) is 17.1 Å². The summed E-state index contributed by atoms with van der Waals surface area (Å²) in [5, 5.41) is 5.59. The molecular weight excluding hydrogens is 309 g/mol. The van der Waals surface area contributed by atoms with E-state index in [0.717, 1.165) is 16.6 Å². The van der Waals surface area contributed by atoms with Gasteiger partial charge in [-0.2, -0.15) is 0 Å². The number of carbonyl (C=O) groups excluding carboxylic acids is 1. The Morgan fingerprint density at radius 3 is 2.96 bits per heavy atom. The first-order valence-corrected chi connectivity index (χ1v) is 7.92. The number of hydrogen-bond donors (Lipinski definition) is 3. The van der Waals surface area contributed by atoms with Gasteiger partial charge in [-0.3, -0.25) is 10.1 Å². The SMILES string of the molecule is CC(C)C[C@@H](CF)NC1=N/C(=C\c2ccc3[nH]cnc3c2)C(=O)N1. The van der Waals surface area contributed by atoms with Crippen molar-refractivity contribution in [3.63, 3.8) is 0 Å². The van der Waals surface area contributed by atoms with Crippen molar-refractivity contribution in [3.8, 4) is 0 Å². The number of imidazole rings is 1. The number of rotatable bonds is 5. The molecule has 0 saturated heterocycles. The minimum absolute atomic E-state index is 0.287. The van der Waals surface area contributed by atoms with Crippen LogP contribution >= 0.6 is 0 Å². The summed E-state index contributed by atoms with van der Waals surface area (Å²) in [5.74, 6) is 0.351. The molecule has 1 aliphatic heterocycles. The maximum atomic E-state index is 13.1. The van der Waals surface area contributed by atoms with Crippen molar-refractivity contribution in [2.75, 3.05) is 6.67 Å². The van der Waals surface area contributed by atoms with Gasteiger partial charge in [0.1, 0.15) is 12.4 Å². The van der Waals surface area contributed by atoms with Crippen LogP contribution in [0, 0.1) is 5.92 Å². The molecule has 24 heavy (non-hydrogen) atoms. The number of carbonyl (C=O) groups is 1. The van der Waals surface area contributed by atoms with Crippen LogP contribution in [-0.4, -0.2) is 34.6 Å². The lowest BCUT2D eigenvalue weighted by Gasteiger charge is -2.17. The Labute approximate surface area is 139 Å². The molecule has 0 unspecified atom stereocenters. The average molecular weight is 329 g/mol. The van der Waals surface area contributed by atoms with Gasteiger partial charge in [0.15, 0.2) is 0 Å². The van der Waals surface area contributed by atoms with E-state index in [9.17, 15) is 9.18 Å². The van der Waals surface area contributed by atoms with Crippen molar-refractivity contribution in [2.45, 2.75) is 26.3 Å². The van der Waals surface area contributed by atoms with Gasteiger partial charge < -0.3 is 10.3 Å². The van der Waals surface area contributed by atoms with Gasteiger partial charge in [0.25, 0.3) is 5.91 Å². The number of aromatic nitrogens is 2. The van der Waals surface area contributed by atoms with Crippen LogP contribution in [0.1, 0.15) is 25.8 Å². The summed E-state index contributed by atoms with van der Waals surface area (Å²) in [5.41, 5.74) is 2.86. The summed E-state index contributed by atoms with van der Waals surface area (Å²) in [4.78, 5) is 23.5. The zero-order valence-electron chi connectivity index (χ0n) is 13.6. The normalized spacial score (nSPS) is 17.4. The smallest absolute Gasteiger partial charge is 0.276 e. The van der Waals surface area contributed by atoms with Crippen molar-refractivity contribution in [3.05, 3.63) is 35.8 Å². The summed E-state index contributed by atoms with van der Waals surface area (Å²) >= 11 is 0. The fourth-order valence-electron chi connectivity index (χ4n) is 2.66. The molecule has 0 bridgehead atoms. The van der Waals surface area contributed by atoms with Crippen molar-refractivity contribution in [2.24, 2.45) is 10.9 Å². The van der Waals surface area contributed by atoms with Crippen LogP contribution in [0.5, 0.6) is 0 Å². The fourth-order valence-corrected chi connectivity index (χ4v) is 2.66. The second kappa shape index (κ2) is 6.82. The number of H-pyrrole nitrogens is 1. The Morgan fingerprint density at radius 2 is 2.21 bits per heavy atom. The molecule has 0 radical (unpaired) electrons. The molecule has 0 aliphatic carbocycles. The molecular formula is C17H20FN5O. The first kappa shape index (κ1) is 16.2. The minimum Gasteiger partial charge on any atom is -0.350 e. The third-order valence-corrected chi connectivity index (χ3v) is 3.73. The van der Waals surface area contributed by atoms with E-state index in [2.05, 4.69) is 25.6 Å². The molecule has 3 N–H and O–H groups in total. The van der Waals surface area contributed by atoms with Crippen molar-refractivity contribution in [1.29, 1.82) is 0 Å². The standard InChI is InChI=1S/C17H20FN5O/c1-10(2)5-12(8-18)21-17-22-15(16(24)23-17)7-11-3-4-13-14(6-11)20-9-19-13/h3-4,6-7,9-10,12H,5,8H2,1-2H3,(H,19,20)(H2,21,22,23,24)/b15-7-/t12-/m0/s1. The third-order valence-electron chi connectivity index (χ3n) is 3.73. The molecule has 0 fully saturated rings. The van der Waals surface area contributed by atoms with Crippen LogP contribution in [0.3, 0.4) is 0 Å². The third kappa shape index (κ3) is 3.61. The van der Waals surface area contributed by atoms with Crippen LogP contribution in [-0.2, 0) is 4.79 Å². The van der Waals surface area contributed by atoms with Gasteiger partial charge >= 0.3 is 0 Å². The molecule has 3 rings (SSSR count). The summed E-state index contributed by atoms with van der Waals surface area (Å²) in [7, 11) is 0. The van der Waals surface area contributed by atoms with Crippen molar-refractivity contribution >= 4 is 29.0 Å². The van der Waals surface area contributed by atoms with E-state index >= 15 is 0 Å². The Bertz CT molecular complexity index is 808. The molecule has 1 amide bonds. The van der Waals surface area contributed by atoms with Gasteiger partial charge in [-0.1, -0.05) is 19.9 Å². The molecule has 1 atom stereocenters. The van der Waals surface area contributed by atoms with Gasteiger partial charge in [-0.25, -0.2) is 14.4 Å². The van der Waals surface area contributed by atoms with E-state index < -0.39 is 6.67 Å². The number of benzene rings is 1. The second-order valence-corrected chi connectivity index (χ2v) is 6.25. The van der Waals surface area contributed by atoms with Crippen LogP contribution < -0.4 is 10.6 Å². The Balaban J connectivity index is 1.77. The summed E-state index contributed by atoms with van der Waals surface area (Å²) in [6, 6.07) is 5.29. The maximum Gasteiger partial charge on any atom is 0.276 e. The number of halogens is 1. The zero-order chi connectivity index (χ0) is 17.1. The summed E-state index contributed by atoms with van der Waals surface area (Å²) in [6.07, 6.45) is 3.97. The number of aliphatic imine (C=N–C) groups is 1. The van der Waals surface area contributed by atoms with Gasteiger partial charge in [-0.05, 0) is 36.1 Å². The number of fused-ring (bicyclic) bond motifs is 1. The molecule has 1 aromatic carbocycles. The number of nitrogens with one attached hydrogen (secondary N) is 3. The molecule has 126 valence electrons. The van der Waals surface area contributed by atoms with E-state index in [1.807, 2.05) is 32.0 Å². The van der Waals surface area contributed by atoms with E-state index in [-0.39, 0.29) is 17.6 Å². The highest BCUT2D eigenvalue weighted by Crippen LogP contribution is 2.16. The topological polar surface area (TPSA) is 82.2 Å². The zero-order valence-corrected chi connectivity index (χ0v) is 13.6. The van der Waals surface area contributed by atoms with Crippen molar-refractivity contribution < 1.29 is 9.18 Å². The van der Waals surface area contributed by atoms with Gasteiger partial charge in [0, 0.05) is 0 Å². The van der Waals surface area contributed by atoms with E-state index in [1.165, 1.54) is 0 Å². The van der Waals surface area contributed by atoms with Crippen LogP contribution in [0.15, 0.2) is 35.2 Å². The largest absolute Gasteiger partial charge is 0.350 e. The second-order valence-electron chi connectivity index (χ2n) is 6.25. The molecule has 2 aromatic rings. The molecule has 0 saturated carbocycles. The van der Waals surface area contributed by atoms with Gasteiger partial charge in [0.05, 0.1) is 23.4 Å². The van der Waals surface area contributed by atoms with Crippen LogP contribution in [0.4, 0.5) is 4.39 Å². The van der Waals surface area contributed by atoms with E-state index in [0.29, 0.717) is 18.3 Å². The highest BCUT2D eigenvalue weighted by atomic mass is 19.1. The quantitative estimate of drug-likeness (QED) is 0.737. The maximum absolute atomic E-state index is 13.1. The molecule has 0 spiro atoms. The monoisotopic (exact) mass is 329 g/mol. The molecule has 2 heterocycles. The number of aromatic amines is 1. The number of nitrogens with zero attached hydrogens (tertiary/aromatic N) is 2.